The van der Waals surface area contributed by atoms with E-state index < -0.39 is 10.0 Å². The second-order valence-electron chi connectivity index (χ2n) is 5.11. The van der Waals surface area contributed by atoms with Crippen LogP contribution in [-0.4, -0.2) is 48.2 Å². The van der Waals surface area contributed by atoms with E-state index in [0.29, 0.717) is 6.54 Å². The second-order valence-corrected chi connectivity index (χ2v) is 6.99. The fourth-order valence-corrected chi connectivity index (χ4v) is 2.72. The molecule has 0 aliphatic rings. The highest BCUT2D eigenvalue weighted by Gasteiger charge is 2.10. The number of halogens is 1. The lowest BCUT2D eigenvalue weighted by Gasteiger charge is -2.12. The van der Waals surface area contributed by atoms with Gasteiger partial charge in [-0.05, 0) is 44.5 Å². The SMILES string of the molecule is CCOCCCCNC(=NC)NCc1ccc(S(=O)(=O)NC)cc1.I. The average Bonchev–Trinajstić information content (AvgIpc) is 2.61. The van der Waals surface area contributed by atoms with Gasteiger partial charge in [0.2, 0.25) is 10.0 Å². The second kappa shape index (κ2) is 13.3. The van der Waals surface area contributed by atoms with E-state index in [2.05, 4.69) is 20.3 Å². The molecule has 0 radical (unpaired) electrons. The first-order chi connectivity index (χ1) is 11.5. The van der Waals surface area contributed by atoms with Crippen molar-refractivity contribution in [3.63, 3.8) is 0 Å². The maximum absolute atomic E-state index is 11.7. The van der Waals surface area contributed by atoms with Crippen LogP contribution in [0.5, 0.6) is 0 Å². The molecule has 0 spiro atoms. The van der Waals surface area contributed by atoms with E-state index in [0.717, 1.165) is 44.1 Å². The zero-order valence-corrected chi connectivity index (χ0v) is 18.2. The Morgan fingerprint density at radius 3 is 2.40 bits per heavy atom. The minimum absolute atomic E-state index is 0. The summed E-state index contributed by atoms with van der Waals surface area (Å²) in [5.74, 6) is 0.721. The summed E-state index contributed by atoms with van der Waals surface area (Å²) in [4.78, 5) is 4.42. The minimum Gasteiger partial charge on any atom is -0.382 e. The maximum Gasteiger partial charge on any atom is 0.240 e. The van der Waals surface area contributed by atoms with Gasteiger partial charge in [0.1, 0.15) is 0 Å². The number of benzene rings is 1. The third-order valence-electron chi connectivity index (χ3n) is 3.40. The van der Waals surface area contributed by atoms with E-state index in [9.17, 15) is 8.42 Å². The highest BCUT2D eigenvalue weighted by molar-refractivity contribution is 14.0. The van der Waals surface area contributed by atoms with Crippen LogP contribution >= 0.6 is 24.0 Å². The summed E-state index contributed by atoms with van der Waals surface area (Å²) in [5, 5.41) is 6.44. The van der Waals surface area contributed by atoms with Crippen molar-refractivity contribution in [2.75, 3.05) is 33.9 Å². The van der Waals surface area contributed by atoms with E-state index in [1.165, 1.54) is 7.05 Å². The van der Waals surface area contributed by atoms with Crippen LogP contribution < -0.4 is 15.4 Å². The molecule has 144 valence electrons. The zero-order valence-electron chi connectivity index (χ0n) is 15.0. The first-order valence-corrected chi connectivity index (χ1v) is 9.56. The van der Waals surface area contributed by atoms with Gasteiger partial charge in [0.15, 0.2) is 5.96 Å². The molecular weight excluding hydrogens is 455 g/mol. The van der Waals surface area contributed by atoms with Crippen LogP contribution in [0.1, 0.15) is 25.3 Å². The summed E-state index contributed by atoms with van der Waals surface area (Å²) in [6.45, 7) is 4.92. The Labute approximate surface area is 168 Å². The number of sulfonamides is 1. The number of aliphatic imine (C=N–C) groups is 1. The molecule has 0 bridgehead atoms. The number of hydrogen-bond donors (Lipinski definition) is 3. The molecule has 0 saturated carbocycles. The molecule has 0 saturated heterocycles. The zero-order chi connectivity index (χ0) is 17.8. The van der Waals surface area contributed by atoms with Crippen LogP contribution in [0, 0.1) is 0 Å². The molecule has 9 heteroatoms. The lowest BCUT2D eigenvalue weighted by molar-refractivity contribution is 0.143. The maximum atomic E-state index is 11.7. The van der Waals surface area contributed by atoms with Gasteiger partial charge in [0.05, 0.1) is 4.90 Å². The van der Waals surface area contributed by atoms with Crippen molar-refractivity contribution in [3.05, 3.63) is 29.8 Å². The molecule has 1 aromatic carbocycles. The Morgan fingerprint density at radius 1 is 1.16 bits per heavy atom. The van der Waals surface area contributed by atoms with Gasteiger partial charge < -0.3 is 15.4 Å². The summed E-state index contributed by atoms with van der Waals surface area (Å²) >= 11 is 0. The molecule has 25 heavy (non-hydrogen) atoms. The van der Waals surface area contributed by atoms with Gasteiger partial charge in [-0.1, -0.05) is 12.1 Å². The average molecular weight is 484 g/mol. The number of unbranched alkanes of at least 4 members (excludes halogenated alkanes) is 1. The van der Waals surface area contributed by atoms with Gasteiger partial charge in [0.25, 0.3) is 0 Å². The smallest absolute Gasteiger partial charge is 0.240 e. The Balaban J connectivity index is 0.00000576. The predicted octanol–water partition coefficient (Wildman–Crippen LogP) is 1.69. The molecule has 1 aromatic rings. The van der Waals surface area contributed by atoms with E-state index in [4.69, 9.17) is 4.74 Å². The quantitative estimate of drug-likeness (QED) is 0.204. The Morgan fingerprint density at radius 2 is 1.84 bits per heavy atom. The van der Waals surface area contributed by atoms with Crippen molar-refractivity contribution < 1.29 is 13.2 Å². The highest BCUT2D eigenvalue weighted by Crippen LogP contribution is 2.09. The fraction of sp³-hybridized carbons (Fsp3) is 0.562. The Kier molecular flexibility index (Phi) is 12.8. The van der Waals surface area contributed by atoms with Gasteiger partial charge in [0, 0.05) is 33.4 Å². The normalized spacial score (nSPS) is 11.7. The predicted molar refractivity (Wildman–Crippen MR) is 112 cm³/mol. The van der Waals surface area contributed by atoms with Crippen molar-refractivity contribution in [1.82, 2.24) is 15.4 Å². The number of guanidine groups is 1. The Bertz CT molecular complexity index is 606. The fourth-order valence-electron chi connectivity index (χ4n) is 1.99. The molecule has 0 amide bonds. The lowest BCUT2D eigenvalue weighted by Crippen LogP contribution is -2.37. The van der Waals surface area contributed by atoms with Gasteiger partial charge in [-0.2, -0.15) is 0 Å². The molecule has 0 unspecified atom stereocenters. The molecule has 1 rings (SSSR count). The van der Waals surface area contributed by atoms with Gasteiger partial charge in [-0.3, -0.25) is 4.99 Å². The molecule has 0 atom stereocenters. The van der Waals surface area contributed by atoms with Crippen LogP contribution in [0.25, 0.3) is 0 Å². The number of rotatable bonds is 10. The first-order valence-electron chi connectivity index (χ1n) is 8.08. The third-order valence-corrected chi connectivity index (χ3v) is 4.83. The van der Waals surface area contributed by atoms with Crippen molar-refractivity contribution in [2.24, 2.45) is 4.99 Å². The van der Waals surface area contributed by atoms with E-state index in [1.54, 1.807) is 31.3 Å². The monoisotopic (exact) mass is 484 g/mol. The lowest BCUT2D eigenvalue weighted by atomic mass is 10.2. The summed E-state index contributed by atoms with van der Waals surface area (Å²) < 4.78 is 30.9. The summed E-state index contributed by atoms with van der Waals surface area (Å²) in [6, 6.07) is 6.75. The van der Waals surface area contributed by atoms with Crippen molar-refractivity contribution >= 4 is 40.0 Å². The van der Waals surface area contributed by atoms with Gasteiger partial charge in [-0.25, -0.2) is 13.1 Å². The Hall–Kier alpha value is -0.910. The van der Waals surface area contributed by atoms with Crippen LogP contribution in [0.2, 0.25) is 0 Å². The first kappa shape index (κ1) is 24.1. The van der Waals surface area contributed by atoms with Gasteiger partial charge in [-0.15, -0.1) is 24.0 Å². The third kappa shape index (κ3) is 9.38. The number of ether oxygens (including phenoxy) is 1. The molecule has 7 nitrogen and oxygen atoms in total. The molecule has 0 aliphatic carbocycles. The molecular formula is C16H29IN4O3S. The van der Waals surface area contributed by atoms with Crippen LogP contribution in [0.3, 0.4) is 0 Å². The van der Waals surface area contributed by atoms with Crippen LogP contribution in [-0.2, 0) is 21.3 Å². The minimum atomic E-state index is -3.39. The largest absolute Gasteiger partial charge is 0.382 e. The van der Waals surface area contributed by atoms with Crippen molar-refractivity contribution in [3.8, 4) is 0 Å². The molecule has 0 fully saturated rings. The van der Waals surface area contributed by atoms with E-state index >= 15 is 0 Å². The molecule has 3 N–H and O–H groups in total. The summed E-state index contributed by atoms with van der Waals surface area (Å²) in [5.41, 5.74) is 0.976. The van der Waals surface area contributed by atoms with E-state index in [-0.39, 0.29) is 28.9 Å². The summed E-state index contributed by atoms with van der Waals surface area (Å²) in [6.07, 6.45) is 2.02. The van der Waals surface area contributed by atoms with Gasteiger partial charge >= 0.3 is 0 Å². The highest BCUT2D eigenvalue weighted by atomic mass is 127. The topological polar surface area (TPSA) is 91.8 Å². The molecule has 0 aromatic heterocycles. The van der Waals surface area contributed by atoms with Crippen LogP contribution in [0.15, 0.2) is 34.2 Å². The molecule has 0 aliphatic heterocycles. The van der Waals surface area contributed by atoms with E-state index in [1.807, 2.05) is 6.92 Å². The van der Waals surface area contributed by atoms with Crippen molar-refractivity contribution in [2.45, 2.75) is 31.2 Å². The number of hydrogen-bond acceptors (Lipinski definition) is 4. The summed E-state index contributed by atoms with van der Waals surface area (Å²) in [7, 11) is -0.271. The standard InChI is InChI=1S/C16H28N4O3S.HI/c1-4-23-12-6-5-11-19-16(17-2)20-13-14-7-9-15(10-8-14)24(21,22)18-3;/h7-10,18H,4-6,11-13H2,1-3H3,(H2,17,19,20);1H. The van der Waals surface area contributed by atoms with Crippen molar-refractivity contribution in [1.29, 1.82) is 0 Å². The number of nitrogens with one attached hydrogen (secondary N) is 3. The molecule has 0 heterocycles. The number of nitrogens with zero attached hydrogens (tertiary/aromatic N) is 1. The van der Waals surface area contributed by atoms with Crippen LogP contribution in [0.4, 0.5) is 0 Å².